The van der Waals surface area contributed by atoms with Crippen molar-refractivity contribution in [1.82, 2.24) is 15.0 Å². The largest absolute Gasteiger partial charge is 0.361 e. The van der Waals surface area contributed by atoms with Crippen LogP contribution in [0.15, 0.2) is 22.7 Å². The minimum absolute atomic E-state index is 0.141. The minimum atomic E-state index is 0.141. The van der Waals surface area contributed by atoms with Crippen molar-refractivity contribution in [1.29, 1.82) is 0 Å². The fraction of sp³-hybridized carbons (Fsp3) is 0.500. The molecule has 2 aromatic rings. The Hall–Kier alpha value is -2.14. The number of carbonyl (C=O) groups is 1. The molecular weight excluding hydrogens is 314 g/mol. The van der Waals surface area contributed by atoms with E-state index in [2.05, 4.69) is 23.9 Å². The monoisotopic (exact) mass is 341 g/mol. The third-order valence-corrected chi connectivity index (χ3v) is 5.19. The summed E-state index contributed by atoms with van der Waals surface area (Å²) in [5.41, 5.74) is 5.32. The van der Waals surface area contributed by atoms with Gasteiger partial charge in [0.25, 0.3) is 5.91 Å². The van der Waals surface area contributed by atoms with Crippen molar-refractivity contribution in [2.45, 2.75) is 40.7 Å². The summed E-state index contributed by atoms with van der Waals surface area (Å²) in [6.45, 7) is 12.3. The van der Waals surface area contributed by atoms with E-state index < -0.39 is 0 Å². The molecule has 5 heteroatoms. The number of aromatic nitrogens is 1. The summed E-state index contributed by atoms with van der Waals surface area (Å²) in [6, 6.07) is 5.98. The van der Waals surface area contributed by atoms with E-state index >= 15 is 0 Å². The second kappa shape index (κ2) is 7.40. The van der Waals surface area contributed by atoms with Crippen LogP contribution in [0.3, 0.4) is 0 Å². The average Bonchev–Trinajstić information content (AvgIpc) is 2.79. The summed E-state index contributed by atoms with van der Waals surface area (Å²) in [6.07, 6.45) is 0.986. The molecule has 0 aliphatic carbocycles. The van der Waals surface area contributed by atoms with Crippen molar-refractivity contribution in [3.63, 3.8) is 0 Å². The van der Waals surface area contributed by atoms with Gasteiger partial charge in [0.15, 0.2) is 0 Å². The van der Waals surface area contributed by atoms with Crippen LogP contribution in [0.5, 0.6) is 0 Å². The molecule has 134 valence electrons. The smallest absolute Gasteiger partial charge is 0.253 e. The minimum Gasteiger partial charge on any atom is -0.361 e. The molecule has 25 heavy (non-hydrogen) atoms. The van der Waals surface area contributed by atoms with E-state index in [1.54, 1.807) is 0 Å². The van der Waals surface area contributed by atoms with Crippen LogP contribution in [-0.4, -0.2) is 47.0 Å². The van der Waals surface area contributed by atoms with Crippen LogP contribution in [0.4, 0.5) is 0 Å². The lowest BCUT2D eigenvalue weighted by molar-refractivity contribution is 0.0761. The van der Waals surface area contributed by atoms with E-state index in [-0.39, 0.29) is 5.91 Å². The van der Waals surface area contributed by atoms with Gasteiger partial charge in [0, 0.05) is 43.9 Å². The number of amides is 1. The zero-order valence-electron chi connectivity index (χ0n) is 15.6. The molecule has 1 aliphatic heterocycles. The molecule has 0 spiro atoms. The molecule has 5 nitrogen and oxygen atoms in total. The first-order valence-corrected chi connectivity index (χ1v) is 8.96. The molecule has 0 N–H and O–H groups in total. The Bertz CT molecular complexity index is 747. The van der Waals surface area contributed by atoms with Gasteiger partial charge in [-0.25, -0.2) is 0 Å². The van der Waals surface area contributed by atoms with Crippen molar-refractivity contribution in [3.05, 3.63) is 51.9 Å². The maximum Gasteiger partial charge on any atom is 0.253 e. The summed E-state index contributed by atoms with van der Waals surface area (Å²) in [5, 5.41) is 4.04. The Morgan fingerprint density at radius 3 is 2.56 bits per heavy atom. The van der Waals surface area contributed by atoms with Crippen LogP contribution < -0.4 is 0 Å². The van der Waals surface area contributed by atoms with Crippen LogP contribution in [0.1, 0.15) is 44.9 Å². The lowest BCUT2D eigenvalue weighted by atomic mass is 10.1. The Morgan fingerprint density at radius 2 is 1.88 bits per heavy atom. The number of carbonyl (C=O) groups excluding carboxylic acids is 1. The first-order chi connectivity index (χ1) is 12.0. The molecule has 0 bridgehead atoms. The van der Waals surface area contributed by atoms with Crippen molar-refractivity contribution in [2.24, 2.45) is 0 Å². The molecule has 0 radical (unpaired) electrons. The van der Waals surface area contributed by atoms with Gasteiger partial charge in [-0.1, -0.05) is 11.2 Å². The van der Waals surface area contributed by atoms with E-state index in [1.807, 2.05) is 36.9 Å². The molecule has 1 aromatic carbocycles. The Morgan fingerprint density at radius 1 is 1.08 bits per heavy atom. The highest BCUT2D eigenvalue weighted by Crippen LogP contribution is 2.18. The van der Waals surface area contributed by atoms with Crippen LogP contribution in [0.2, 0.25) is 0 Å². The van der Waals surface area contributed by atoms with E-state index in [1.165, 1.54) is 16.7 Å². The third kappa shape index (κ3) is 3.93. The topological polar surface area (TPSA) is 49.6 Å². The molecule has 1 aliphatic rings. The summed E-state index contributed by atoms with van der Waals surface area (Å²) in [4.78, 5) is 17.2. The van der Waals surface area contributed by atoms with Crippen molar-refractivity contribution >= 4 is 5.91 Å². The predicted octanol–water partition coefficient (Wildman–Crippen LogP) is 3.26. The zero-order chi connectivity index (χ0) is 18.0. The van der Waals surface area contributed by atoms with Crippen LogP contribution in [-0.2, 0) is 6.54 Å². The van der Waals surface area contributed by atoms with Crippen molar-refractivity contribution < 1.29 is 9.32 Å². The maximum absolute atomic E-state index is 12.8. The third-order valence-electron chi connectivity index (χ3n) is 5.19. The predicted molar refractivity (Wildman–Crippen MR) is 97.7 cm³/mol. The summed E-state index contributed by atoms with van der Waals surface area (Å²) in [5.74, 6) is 1.03. The highest BCUT2D eigenvalue weighted by molar-refractivity contribution is 5.94. The number of hydrogen-bond acceptors (Lipinski definition) is 4. The number of benzene rings is 1. The second-order valence-corrected chi connectivity index (χ2v) is 7.02. The van der Waals surface area contributed by atoms with Gasteiger partial charge in [-0.05, 0) is 57.4 Å². The highest BCUT2D eigenvalue weighted by atomic mass is 16.5. The van der Waals surface area contributed by atoms with Gasteiger partial charge in [-0.3, -0.25) is 9.69 Å². The Balaban J connectivity index is 1.65. The first kappa shape index (κ1) is 17.7. The van der Waals surface area contributed by atoms with Crippen LogP contribution in [0.25, 0.3) is 0 Å². The average molecular weight is 341 g/mol. The van der Waals surface area contributed by atoms with Gasteiger partial charge in [-0.2, -0.15) is 0 Å². The highest BCUT2D eigenvalue weighted by Gasteiger charge is 2.22. The van der Waals surface area contributed by atoms with Crippen LogP contribution >= 0.6 is 0 Å². The van der Waals surface area contributed by atoms with E-state index in [9.17, 15) is 4.79 Å². The van der Waals surface area contributed by atoms with Gasteiger partial charge < -0.3 is 9.42 Å². The SMILES string of the molecule is Cc1ccc(C(=O)N2CCCN(Cc3c(C)noc3C)CC2)cc1C. The van der Waals surface area contributed by atoms with Crippen molar-refractivity contribution in [2.75, 3.05) is 26.2 Å². The zero-order valence-corrected chi connectivity index (χ0v) is 15.6. The molecule has 3 rings (SSSR count). The molecule has 1 saturated heterocycles. The lowest BCUT2D eigenvalue weighted by Crippen LogP contribution is -2.35. The Labute approximate surface area is 149 Å². The fourth-order valence-corrected chi connectivity index (χ4v) is 3.34. The normalized spacial score (nSPS) is 16.1. The van der Waals surface area contributed by atoms with Crippen LogP contribution in [0, 0.1) is 27.7 Å². The molecule has 2 heterocycles. The molecule has 1 aromatic heterocycles. The second-order valence-electron chi connectivity index (χ2n) is 7.02. The molecule has 1 amide bonds. The van der Waals surface area contributed by atoms with Crippen molar-refractivity contribution in [3.8, 4) is 0 Å². The number of nitrogens with zero attached hydrogens (tertiary/aromatic N) is 3. The summed E-state index contributed by atoms with van der Waals surface area (Å²) >= 11 is 0. The van der Waals surface area contributed by atoms with Gasteiger partial charge in [0.05, 0.1) is 5.69 Å². The summed E-state index contributed by atoms with van der Waals surface area (Å²) in [7, 11) is 0. The van der Waals surface area contributed by atoms with Gasteiger partial charge in [0.2, 0.25) is 0 Å². The lowest BCUT2D eigenvalue weighted by Gasteiger charge is -2.22. The molecule has 1 fully saturated rings. The van der Waals surface area contributed by atoms with E-state index in [0.717, 1.165) is 56.2 Å². The van der Waals surface area contributed by atoms with Gasteiger partial charge >= 0.3 is 0 Å². The van der Waals surface area contributed by atoms with Gasteiger partial charge in [-0.15, -0.1) is 0 Å². The molecular formula is C20H27N3O2. The molecule has 0 atom stereocenters. The number of hydrogen-bond donors (Lipinski definition) is 0. The fourth-order valence-electron chi connectivity index (χ4n) is 3.34. The maximum atomic E-state index is 12.8. The quantitative estimate of drug-likeness (QED) is 0.860. The molecule has 0 saturated carbocycles. The van der Waals surface area contributed by atoms with E-state index in [4.69, 9.17) is 4.52 Å². The molecule has 0 unspecified atom stereocenters. The number of aryl methyl sites for hydroxylation is 4. The standard InChI is InChI=1S/C20H27N3O2/c1-14-6-7-18(12-15(14)2)20(24)23-9-5-8-22(10-11-23)13-19-16(3)21-25-17(19)4/h6-7,12H,5,8-11,13H2,1-4H3. The number of rotatable bonds is 3. The van der Waals surface area contributed by atoms with Gasteiger partial charge in [0.1, 0.15) is 5.76 Å². The van der Waals surface area contributed by atoms with E-state index in [0.29, 0.717) is 0 Å². The first-order valence-electron chi connectivity index (χ1n) is 8.96. The Kier molecular flexibility index (Phi) is 5.23. The summed E-state index contributed by atoms with van der Waals surface area (Å²) < 4.78 is 5.26.